The first-order valence-electron chi connectivity index (χ1n) is 9.69. The van der Waals surface area contributed by atoms with Crippen LogP contribution in [0.15, 0.2) is 36.5 Å². The van der Waals surface area contributed by atoms with Crippen LogP contribution in [-0.2, 0) is 4.74 Å². The molecular formula is C21H31FN4O. The number of piperidine rings is 1. The normalized spacial score (nSPS) is 17.3. The number of morpholine rings is 1. The van der Waals surface area contributed by atoms with Crippen LogP contribution in [0.1, 0.15) is 26.3 Å². The fourth-order valence-corrected chi connectivity index (χ4v) is 3.32. The molecule has 1 aromatic carbocycles. The fourth-order valence-electron chi connectivity index (χ4n) is 3.32. The highest BCUT2D eigenvalue weighted by Crippen LogP contribution is 2.20. The van der Waals surface area contributed by atoms with E-state index in [1.54, 1.807) is 12.1 Å². The van der Waals surface area contributed by atoms with Crippen molar-refractivity contribution in [3.63, 3.8) is 0 Å². The molecule has 2 aromatic rings. The second kappa shape index (κ2) is 9.55. The molecule has 0 spiro atoms. The third kappa shape index (κ3) is 5.57. The van der Waals surface area contributed by atoms with Gasteiger partial charge in [0.2, 0.25) is 0 Å². The monoisotopic (exact) mass is 374 g/mol. The van der Waals surface area contributed by atoms with Gasteiger partial charge in [0.25, 0.3) is 0 Å². The molecule has 0 radical (unpaired) electrons. The molecule has 0 atom stereocenters. The number of aryl methyl sites for hydroxylation is 1. The minimum absolute atomic E-state index is 0. The topological polar surface area (TPSA) is 54.6 Å². The third-order valence-electron chi connectivity index (χ3n) is 4.99. The second-order valence-corrected chi connectivity index (χ2v) is 7.03. The van der Waals surface area contributed by atoms with Gasteiger partial charge in [-0.3, -0.25) is 0 Å². The van der Waals surface area contributed by atoms with Crippen molar-refractivity contribution in [2.75, 3.05) is 54.9 Å². The molecule has 2 fully saturated rings. The number of ether oxygens (including phenoxy) is 1. The lowest BCUT2D eigenvalue weighted by atomic mass is 10.1. The van der Waals surface area contributed by atoms with E-state index in [0.717, 1.165) is 62.1 Å². The van der Waals surface area contributed by atoms with E-state index >= 15 is 0 Å². The molecule has 5 nitrogen and oxygen atoms in total. The van der Waals surface area contributed by atoms with Gasteiger partial charge in [-0.25, -0.2) is 9.37 Å². The maximum Gasteiger partial charge on any atom is 0.130 e. The molecular weight excluding hydrogens is 343 g/mol. The van der Waals surface area contributed by atoms with Gasteiger partial charge in [0.05, 0.1) is 13.2 Å². The molecule has 0 saturated carbocycles. The minimum Gasteiger partial charge on any atom is -0.398 e. The molecule has 27 heavy (non-hydrogen) atoms. The number of nitrogens with two attached hydrogens (primary N) is 1. The number of rotatable bonds is 2. The Morgan fingerprint density at radius 1 is 1.04 bits per heavy atom. The average Bonchev–Trinajstić information content (AvgIpc) is 2.72. The molecule has 1 aromatic heterocycles. The number of anilines is 3. The predicted octanol–water partition coefficient (Wildman–Crippen LogP) is 3.87. The molecule has 4 rings (SSSR count). The van der Waals surface area contributed by atoms with Crippen LogP contribution >= 0.6 is 0 Å². The van der Waals surface area contributed by atoms with Crippen LogP contribution in [0.2, 0.25) is 0 Å². The van der Waals surface area contributed by atoms with E-state index in [0.29, 0.717) is 0 Å². The fraction of sp³-hybridized carbons (Fsp3) is 0.476. The summed E-state index contributed by atoms with van der Waals surface area (Å²) in [7, 11) is 0. The quantitative estimate of drug-likeness (QED) is 0.865. The standard InChI is InChI=1S/C11H14FN.C10H15N3O.H2/c12-10-5-4-6-11(9-10)13-7-2-1-3-8-13;1-8-7-12-10(6-9(8)11)13-2-4-14-5-3-13;/h4-6,9H,1-3,7-8H2;6-7H,2-5H2,1H3,(H2,11,12);1H. The van der Waals surface area contributed by atoms with Gasteiger partial charge in [-0.1, -0.05) is 6.07 Å². The number of hydrogen-bond donors (Lipinski definition) is 1. The van der Waals surface area contributed by atoms with Crippen molar-refractivity contribution in [2.45, 2.75) is 26.2 Å². The SMILES string of the molecule is Cc1cnc(N2CCOCC2)cc1N.Fc1cccc(N2CCCCC2)c1.[HH]. The maximum atomic E-state index is 12.9. The zero-order valence-corrected chi connectivity index (χ0v) is 16.0. The Bertz CT molecular complexity index is 734. The summed E-state index contributed by atoms with van der Waals surface area (Å²) in [5.74, 6) is 0.819. The number of hydrogen-bond acceptors (Lipinski definition) is 5. The Hall–Kier alpha value is -2.34. The Morgan fingerprint density at radius 2 is 1.78 bits per heavy atom. The van der Waals surface area contributed by atoms with Gasteiger partial charge in [-0.05, 0) is 49.9 Å². The van der Waals surface area contributed by atoms with E-state index in [-0.39, 0.29) is 7.24 Å². The molecule has 2 aliphatic heterocycles. The largest absolute Gasteiger partial charge is 0.398 e. The maximum absolute atomic E-state index is 12.9. The lowest BCUT2D eigenvalue weighted by Crippen LogP contribution is -2.36. The summed E-state index contributed by atoms with van der Waals surface area (Å²) in [6.45, 7) is 7.45. The van der Waals surface area contributed by atoms with Crippen LogP contribution in [0, 0.1) is 12.7 Å². The molecule has 2 saturated heterocycles. The highest BCUT2D eigenvalue weighted by atomic mass is 19.1. The molecule has 0 amide bonds. The zero-order chi connectivity index (χ0) is 19.1. The summed E-state index contributed by atoms with van der Waals surface area (Å²) in [5, 5.41) is 0. The summed E-state index contributed by atoms with van der Waals surface area (Å²) in [4.78, 5) is 8.80. The smallest absolute Gasteiger partial charge is 0.130 e. The van der Waals surface area contributed by atoms with E-state index in [2.05, 4.69) is 14.8 Å². The summed E-state index contributed by atoms with van der Waals surface area (Å²) in [6, 6.07) is 8.80. The molecule has 0 bridgehead atoms. The van der Waals surface area contributed by atoms with Crippen molar-refractivity contribution in [1.29, 1.82) is 0 Å². The average molecular weight is 375 g/mol. The lowest BCUT2D eigenvalue weighted by Gasteiger charge is -2.28. The van der Waals surface area contributed by atoms with Gasteiger partial charge in [-0.15, -0.1) is 0 Å². The first-order chi connectivity index (χ1) is 13.1. The van der Waals surface area contributed by atoms with Gasteiger partial charge in [0, 0.05) is 51.2 Å². The zero-order valence-electron chi connectivity index (χ0n) is 16.0. The van der Waals surface area contributed by atoms with Crippen molar-refractivity contribution in [3.05, 3.63) is 47.9 Å². The molecule has 0 aliphatic carbocycles. The van der Waals surface area contributed by atoms with E-state index in [1.807, 2.05) is 25.3 Å². The van der Waals surface area contributed by atoms with Gasteiger partial charge in [0.1, 0.15) is 11.6 Å². The van der Waals surface area contributed by atoms with Crippen molar-refractivity contribution >= 4 is 17.2 Å². The number of nitrogen functional groups attached to an aromatic ring is 1. The van der Waals surface area contributed by atoms with Crippen molar-refractivity contribution < 1.29 is 10.6 Å². The Morgan fingerprint density at radius 3 is 2.44 bits per heavy atom. The van der Waals surface area contributed by atoms with Crippen LogP contribution in [0.25, 0.3) is 0 Å². The van der Waals surface area contributed by atoms with E-state index in [4.69, 9.17) is 10.5 Å². The van der Waals surface area contributed by atoms with Crippen LogP contribution in [0.4, 0.5) is 21.6 Å². The van der Waals surface area contributed by atoms with Crippen molar-refractivity contribution in [3.8, 4) is 0 Å². The molecule has 6 heteroatoms. The first-order valence-corrected chi connectivity index (χ1v) is 9.69. The number of pyridine rings is 1. The number of nitrogens with zero attached hydrogens (tertiary/aromatic N) is 3. The summed E-state index contributed by atoms with van der Waals surface area (Å²) < 4.78 is 18.2. The Labute approximate surface area is 162 Å². The molecule has 2 aliphatic rings. The van der Waals surface area contributed by atoms with E-state index in [9.17, 15) is 4.39 Å². The summed E-state index contributed by atoms with van der Waals surface area (Å²) in [6.07, 6.45) is 5.60. The number of halogens is 1. The van der Waals surface area contributed by atoms with Crippen LogP contribution < -0.4 is 15.5 Å². The van der Waals surface area contributed by atoms with Crippen LogP contribution in [-0.4, -0.2) is 44.4 Å². The van der Waals surface area contributed by atoms with Crippen molar-refractivity contribution in [2.24, 2.45) is 0 Å². The first kappa shape index (κ1) is 19.4. The predicted molar refractivity (Wildman–Crippen MR) is 111 cm³/mol. The minimum atomic E-state index is -0.136. The summed E-state index contributed by atoms with van der Waals surface area (Å²) >= 11 is 0. The van der Waals surface area contributed by atoms with Crippen LogP contribution in [0.5, 0.6) is 0 Å². The molecule has 0 unspecified atom stereocenters. The lowest BCUT2D eigenvalue weighted by molar-refractivity contribution is 0.122. The van der Waals surface area contributed by atoms with Crippen LogP contribution in [0.3, 0.4) is 0 Å². The summed E-state index contributed by atoms with van der Waals surface area (Å²) in [5.41, 5.74) is 8.69. The Balaban J connectivity index is 0.000000194. The van der Waals surface area contributed by atoms with E-state index < -0.39 is 0 Å². The van der Waals surface area contributed by atoms with Gasteiger partial charge >= 0.3 is 0 Å². The van der Waals surface area contributed by atoms with Crippen molar-refractivity contribution in [1.82, 2.24) is 4.98 Å². The van der Waals surface area contributed by atoms with Gasteiger partial charge < -0.3 is 20.3 Å². The number of benzene rings is 1. The molecule has 3 heterocycles. The second-order valence-electron chi connectivity index (χ2n) is 7.03. The number of aromatic nitrogens is 1. The highest BCUT2D eigenvalue weighted by Gasteiger charge is 2.12. The van der Waals surface area contributed by atoms with Gasteiger partial charge in [-0.2, -0.15) is 0 Å². The highest BCUT2D eigenvalue weighted by molar-refractivity contribution is 5.54. The van der Waals surface area contributed by atoms with E-state index in [1.165, 1.54) is 25.3 Å². The molecule has 148 valence electrons. The molecule has 2 N–H and O–H groups in total. The third-order valence-corrected chi connectivity index (χ3v) is 4.99. The Kier molecular flexibility index (Phi) is 6.87. The van der Waals surface area contributed by atoms with Gasteiger partial charge in [0.15, 0.2) is 0 Å².